The number of sulfonamides is 1. The molecular formula is C19H22ClN3O4S. The molecule has 0 fully saturated rings. The summed E-state index contributed by atoms with van der Waals surface area (Å²) in [6.45, 7) is 3.50. The first-order chi connectivity index (χ1) is 13.2. The van der Waals surface area contributed by atoms with E-state index in [9.17, 15) is 18.3 Å². The van der Waals surface area contributed by atoms with Crippen LogP contribution in [0.25, 0.3) is 0 Å². The third-order valence-corrected chi connectivity index (χ3v) is 6.28. The molecule has 1 heterocycles. The first kappa shape index (κ1) is 20.4. The Hall–Kier alpha value is -2.29. The molecule has 28 heavy (non-hydrogen) atoms. The summed E-state index contributed by atoms with van der Waals surface area (Å²) in [4.78, 5) is 11.8. The Balaban J connectivity index is 2.05. The van der Waals surface area contributed by atoms with E-state index in [2.05, 4.69) is 15.4 Å². The molecule has 2 aromatic carbocycles. The van der Waals surface area contributed by atoms with Gasteiger partial charge in [-0.3, -0.25) is 9.52 Å². The highest BCUT2D eigenvalue weighted by Gasteiger charge is 2.27. The first-order valence-electron chi connectivity index (χ1n) is 8.83. The summed E-state index contributed by atoms with van der Waals surface area (Å²) in [6, 6.07) is 7.88. The molecule has 7 nitrogen and oxygen atoms in total. The van der Waals surface area contributed by atoms with Crippen LogP contribution in [0, 0.1) is 6.92 Å². The third-order valence-electron chi connectivity index (χ3n) is 4.47. The van der Waals surface area contributed by atoms with Crippen LogP contribution in [0.3, 0.4) is 0 Å². The van der Waals surface area contributed by atoms with Crippen LogP contribution in [0.4, 0.5) is 17.1 Å². The van der Waals surface area contributed by atoms with Gasteiger partial charge in [0.1, 0.15) is 4.90 Å². The fourth-order valence-electron chi connectivity index (χ4n) is 2.95. The molecule has 0 bridgehead atoms. The molecule has 0 aliphatic carbocycles. The second-order valence-electron chi connectivity index (χ2n) is 6.85. The molecule has 0 aromatic heterocycles. The summed E-state index contributed by atoms with van der Waals surface area (Å²) < 4.78 is 28.7. The topological polar surface area (TPSA) is 108 Å². The summed E-state index contributed by atoms with van der Waals surface area (Å²) in [5.74, 6) is -0.230. The van der Waals surface area contributed by atoms with Gasteiger partial charge in [0.15, 0.2) is 0 Å². The minimum absolute atomic E-state index is 0.0395. The Morgan fingerprint density at radius 1 is 1.21 bits per heavy atom. The molecule has 4 N–H and O–H groups in total. The van der Waals surface area contributed by atoms with E-state index in [1.54, 1.807) is 25.1 Å². The van der Waals surface area contributed by atoms with Gasteiger partial charge in [-0.2, -0.15) is 0 Å². The Labute approximate surface area is 169 Å². The van der Waals surface area contributed by atoms with Gasteiger partial charge < -0.3 is 15.7 Å². The fraction of sp³-hybridized carbons (Fsp3) is 0.316. The molecule has 0 spiro atoms. The van der Waals surface area contributed by atoms with Gasteiger partial charge >= 0.3 is 0 Å². The van der Waals surface area contributed by atoms with Gasteiger partial charge in [0, 0.05) is 23.2 Å². The summed E-state index contributed by atoms with van der Waals surface area (Å²) in [6.07, 6.45) is 0.718. The monoisotopic (exact) mass is 423 g/mol. The Bertz CT molecular complexity index is 1020. The highest BCUT2D eigenvalue weighted by molar-refractivity contribution is 7.93. The zero-order valence-corrected chi connectivity index (χ0v) is 17.1. The molecule has 3 rings (SSSR count). The Morgan fingerprint density at radius 2 is 1.96 bits per heavy atom. The van der Waals surface area contributed by atoms with Crippen LogP contribution in [0.2, 0.25) is 5.02 Å². The van der Waals surface area contributed by atoms with Crippen molar-refractivity contribution in [3.63, 3.8) is 0 Å². The number of carbonyl (C=O) groups is 1. The van der Waals surface area contributed by atoms with E-state index in [0.29, 0.717) is 22.8 Å². The van der Waals surface area contributed by atoms with Crippen molar-refractivity contribution in [3.8, 4) is 0 Å². The van der Waals surface area contributed by atoms with Crippen molar-refractivity contribution >= 4 is 44.6 Å². The average Bonchev–Trinajstić information content (AvgIpc) is 2.64. The number of rotatable bonds is 6. The zero-order chi connectivity index (χ0) is 20.5. The lowest BCUT2D eigenvalue weighted by Gasteiger charge is -2.23. The number of aliphatic hydroxyl groups is 1. The number of anilines is 3. The highest BCUT2D eigenvalue weighted by Crippen LogP contribution is 2.35. The number of amides is 1. The summed E-state index contributed by atoms with van der Waals surface area (Å²) in [5, 5.41) is 15.5. The second kappa shape index (κ2) is 7.98. The predicted octanol–water partition coefficient (Wildman–Crippen LogP) is 3.13. The average molecular weight is 424 g/mol. The molecule has 0 saturated heterocycles. The minimum atomic E-state index is -4.00. The number of fused-ring (bicyclic) bond motifs is 1. The van der Waals surface area contributed by atoms with Crippen molar-refractivity contribution in [2.75, 3.05) is 22.0 Å². The van der Waals surface area contributed by atoms with Crippen molar-refractivity contribution in [1.29, 1.82) is 0 Å². The lowest BCUT2D eigenvalue weighted by atomic mass is 10.0. The number of aliphatic hydroxyl groups excluding tert-OH is 1. The number of aryl methyl sites for hydroxylation is 2. The van der Waals surface area contributed by atoms with E-state index in [0.717, 1.165) is 11.1 Å². The van der Waals surface area contributed by atoms with Gasteiger partial charge in [0.05, 0.1) is 18.0 Å². The fourth-order valence-corrected chi connectivity index (χ4v) is 4.42. The van der Waals surface area contributed by atoms with E-state index in [-0.39, 0.29) is 35.6 Å². The Morgan fingerprint density at radius 3 is 2.64 bits per heavy atom. The van der Waals surface area contributed by atoms with Crippen LogP contribution in [0.15, 0.2) is 35.2 Å². The normalized spacial score (nSPS) is 14.8. The van der Waals surface area contributed by atoms with Crippen molar-refractivity contribution in [3.05, 3.63) is 46.5 Å². The van der Waals surface area contributed by atoms with Gasteiger partial charge in [-0.25, -0.2) is 8.42 Å². The lowest BCUT2D eigenvalue weighted by molar-refractivity contribution is -0.116. The van der Waals surface area contributed by atoms with Crippen LogP contribution < -0.4 is 15.4 Å². The van der Waals surface area contributed by atoms with Crippen LogP contribution in [0.5, 0.6) is 0 Å². The maximum atomic E-state index is 13.1. The summed E-state index contributed by atoms with van der Waals surface area (Å²) in [5.41, 5.74) is 2.71. The molecule has 150 valence electrons. The third kappa shape index (κ3) is 4.40. The molecule has 1 aliphatic rings. The maximum Gasteiger partial charge on any atom is 0.264 e. The molecule has 0 unspecified atom stereocenters. The second-order valence-corrected chi connectivity index (χ2v) is 8.91. The lowest BCUT2D eigenvalue weighted by Crippen LogP contribution is -2.25. The van der Waals surface area contributed by atoms with E-state index in [4.69, 9.17) is 11.6 Å². The molecular weight excluding hydrogens is 402 g/mol. The molecule has 1 amide bonds. The van der Waals surface area contributed by atoms with E-state index >= 15 is 0 Å². The van der Waals surface area contributed by atoms with Crippen molar-refractivity contribution < 1.29 is 18.3 Å². The molecule has 0 saturated carbocycles. The predicted molar refractivity (Wildman–Crippen MR) is 111 cm³/mol. The van der Waals surface area contributed by atoms with Gasteiger partial charge in [-0.15, -0.1) is 0 Å². The Kier molecular flexibility index (Phi) is 5.83. The highest BCUT2D eigenvalue weighted by atomic mass is 35.5. The smallest absolute Gasteiger partial charge is 0.264 e. The number of hydrogen-bond donors (Lipinski definition) is 4. The van der Waals surface area contributed by atoms with Crippen LogP contribution >= 0.6 is 11.6 Å². The van der Waals surface area contributed by atoms with E-state index < -0.39 is 10.0 Å². The number of carbonyl (C=O) groups excluding carboxylic acids is 1. The summed E-state index contributed by atoms with van der Waals surface area (Å²) >= 11 is 6.10. The zero-order valence-electron chi connectivity index (χ0n) is 15.5. The van der Waals surface area contributed by atoms with Gasteiger partial charge in [0.2, 0.25) is 5.91 Å². The quantitative estimate of drug-likeness (QED) is 0.571. The van der Waals surface area contributed by atoms with Gasteiger partial charge in [-0.1, -0.05) is 17.7 Å². The standard InChI is InChI=1S/C19H22ClN3O4S/c1-11-3-5-14(8-16(11)20)23-28(26,27)17-9-15(21-12(2)10-24)7-13-4-6-18(25)22-19(13)17/h3,5,7-9,12,21,23-24H,4,6,10H2,1-2H3,(H,22,25)/t12-/m0/s1. The van der Waals surface area contributed by atoms with Crippen molar-refractivity contribution in [2.45, 2.75) is 37.6 Å². The van der Waals surface area contributed by atoms with Gasteiger partial charge in [-0.05, 0) is 55.7 Å². The van der Waals surface area contributed by atoms with Gasteiger partial charge in [0.25, 0.3) is 10.0 Å². The molecule has 9 heteroatoms. The molecule has 2 aromatic rings. The van der Waals surface area contributed by atoms with Crippen LogP contribution in [-0.4, -0.2) is 32.1 Å². The van der Waals surface area contributed by atoms with E-state index in [1.165, 1.54) is 12.1 Å². The number of nitrogens with one attached hydrogen (secondary N) is 3. The minimum Gasteiger partial charge on any atom is -0.394 e. The molecule has 1 aliphatic heterocycles. The first-order valence-corrected chi connectivity index (χ1v) is 10.7. The number of halogens is 1. The maximum absolute atomic E-state index is 13.1. The van der Waals surface area contributed by atoms with Crippen LogP contribution in [0.1, 0.15) is 24.5 Å². The van der Waals surface area contributed by atoms with Crippen molar-refractivity contribution in [2.24, 2.45) is 0 Å². The van der Waals surface area contributed by atoms with Crippen LogP contribution in [-0.2, 0) is 21.2 Å². The number of hydrogen-bond acceptors (Lipinski definition) is 5. The van der Waals surface area contributed by atoms with E-state index in [1.807, 2.05) is 6.92 Å². The summed E-state index contributed by atoms with van der Waals surface area (Å²) in [7, 11) is -4.00. The SMILES string of the molecule is Cc1ccc(NS(=O)(=O)c2cc(N[C@@H](C)CO)cc3c2NC(=O)CC3)cc1Cl. The molecule has 0 radical (unpaired) electrons. The van der Waals surface area contributed by atoms with Crippen molar-refractivity contribution in [1.82, 2.24) is 0 Å². The largest absolute Gasteiger partial charge is 0.394 e. The molecule has 1 atom stereocenters. The number of benzene rings is 2.